The zero-order valence-corrected chi connectivity index (χ0v) is 29.9. The van der Waals surface area contributed by atoms with Crippen molar-refractivity contribution in [1.29, 1.82) is 0 Å². The van der Waals surface area contributed by atoms with E-state index in [2.05, 4.69) is 20.4 Å². The maximum Gasteiger partial charge on any atom is 0.416 e. The number of benzene rings is 3. The number of hydrogen-bond acceptors (Lipinski definition) is 8. The second-order valence-corrected chi connectivity index (χ2v) is 13.0. The van der Waals surface area contributed by atoms with Crippen molar-refractivity contribution in [3.05, 3.63) is 102 Å². The van der Waals surface area contributed by atoms with Crippen LogP contribution in [0.2, 0.25) is 0 Å². The molecule has 1 fully saturated rings. The van der Waals surface area contributed by atoms with Gasteiger partial charge in [-0.25, -0.2) is 4.98 Å². The highest BCUT2D eigenvalue weighted by molar-refractivity contribution is 5.95. The molecule has 13 heteroatoms. The summed E-state index contributed by atoms with van der Waals surface area (Å²) in [6, 6.07) is 18.6. The minimum Gasteiger partial charge on any atom is -0.493 e. The third kappa shape index (κ3) is 8.14. The molecule has 52 heavy (non-hydrogen) atoms. The van der Waals surface area contributed by atoms with Crippen LogP contribution in [-0.2, 0) is 12.7 Å². The van der Waals surface area contributed by atoms with E-state index < -0.39 is 11.7 Å². The number of anilines is 1. The molecule has 0 spiro atoms. The van der Waals surface area contributed by atoms with Crippen LogP contribution in [0.1, 0.15) is 45.8 Å². The molecule has 0 radical (unpaired) electrons. The van der Waals surface area contributed by atoms with Crippen LogP contribution < -0.4 is 19.1 Å². The number of alkyl halides is 3. The lowest BCUT2D eigenvalue weighted by molar-refractivity contribution is -0.137. The number of methoxy groups -OCH3 is 3. The Bertz CT molecular complexity index is 1920. The Morgan fingerprint density at radius 2 is 1.67 bits per heavy atom. The van der Waals surface area contributed by atoms with Crippen molar-refractivity contribution in [2.45, 2.75) is 31.5 Å². The van der Waals surface area contributed by atoms with Crippen LogP contribution in [0.25, 0.3) is 11.0 Å². The largest absolute Gasteiger partial charge is 0.493 e. The van der Waals surface area contributed by atoms with Gasteiger partial charge in [0.1, 0.15) is 0 Å². The summed E-state index contributed by atoms with van der Waals surface area (Å²) in [5.74, 6) is 1.49. The molecule has 1 aliphatic rings. The van der Waals surface area contributed by atoms with E-state index in [1.165, 1.54) is 33.5 Å². The predicted octanol–water partition coefficient (Wildman–Crippen LogP) is 7.18. The zero-order valence-electron chi connectivity index (χ0n) is 29.9. The van der Waals surface area contributed by atoms with Gasteiger partial charge in [-0.2, -0.15) is 13.2 Å². The summed E-state index contributed by atoms with van der Waals surface area (Å²) >= 11 is 0. The van der Waals surface area contributed by atoms with Crippen molar-refractivity contribution in [3.8, 4) is 17.2 Å². The van der Waals surface area contributed by atoms with Gasteiger partial charge in [0.05, 0.1) is 57.0 Å². The monoisotopic (exact) mass is 719 g/mol. The third-order valence-corrected chi connectivity index (χ3v) is 9.68. The highest BCUT2D eigenvalue weighted by Gasteiger charge is 2.31. The molecule has 1 unspecified atom stereocenters. The summed E-state index contributed by atoms with van der Waals surface area (Å²) in [4.78, 5) is 25.1. The van der Waals surface area contributed by atoms with Crippen LogP contribution in [0.15, 0.2) is 83.7 Å². The Hall–Kier alpha value is -5.17. The molecule has 0 bridgehead atoms. The van der Waals surface area contributed by atoms with Gasteiger partial charge < -0.3 is 37.9 Å². The lowest BCUT2D eigenvalue weighted by atomic mass is 9.93. The van der Waals surface area contributed by atoms with Gasteiger partial charge in [-0.15, -0.1) is 0 Å². The van der Waals surface area contributed by atoms with Crippen LogP contribution in [0.4, 0.5) is 19.1 Å². The molecule has 1 amide bonds. The Balaban J connectivity index is 1.18. The fourth-order valence-corrected chi connectivity index (χ4v) is 6.90. The van der Waals surface area contributed by atoms with Crippen molar-refractivity contribution >= 4 is 22.9 Å². The summed E-state index contributed by atoms with van der Waals surface area (Å²) in [6.07, 6.45) is 0.545. The molecule has 1 atom stereocenters. The number of para-hydroxylation sites is 2. The van der Waals surface area contributed by atoms with E-state index in [9.17, 15) is 18.0 Å². The predicted molar refractivity (Wildman–Crippen MR) is 193 cm³/mol. The number of fused-ring (bicyclic) bond motifs is 1. The first-order valence-corrected chi connectivity index (χ1v) is 17.3. The number of likely N-dealkylation sites (N-methyl/N-ethyl adjacent to an activating group) is 1. The second-order valence-electron chi connectivity index (χ2n) is 13.0. The Labute approximate surface area is 301 Å². The summed E-state index contributed by atoms with van der Waals surface area (Å²) in [6.45, 7) is 4.88. The zero-order chi connectivity index (χ0) is 36.8. The second kappa shape index (κ2) is 16.0. The number of furan rings is 1. The number of carbonyl (C=O) groups excluding carboxylic acids is 1. The number of amides is 1. The number of aromatic nitrogens is 2. The van der Waals surface area contributed by atoms with E-state index in [0.29, 0.717) is 48.9 Å². The highest BCUT2D eigenvalue weighted by Crippen LogP contribution is 2.39. The van der Waals surface area contributed by atoms with E-state index in [1.807, 2.05) is 24.3 Å². The van der Waals surface area contributed by atoms with Gasteiger partial charge in [0.15, 0.2) is 11.5 Å². The molecule has 2 aromatic heterocycles. The van der Waals surface area contributed by atoms with Crippen molar-refractivity contribution in [2.75, 3.05) is 72.5 Å². The number of halogens is 3. The normalized spacial score (nSPS) is 14.6. The average molecular weight is 720 g/mol. The maximum atomic E-state index is 13.7. The number of carbonyl (C=O) groups is 1. The fourth-order valence-electron chi connectivity index (χ4n) is 6.90. The molecule has 3 aromatic carbocycles. The topological polar surface area (TPSA) is 85.4 Å². The van der Waals surface area contributed by atoms with Crippen LogP contribution in [-0.4, -0.2) is 92.9 Å². The van der Waals surface area contributed by atoms with E-state index in [1.54, 1.807) is 36.6 Å². The van der Waals surface area contributed by atoms with Gasteiger partial charge in [-0.3, -0.25) is 4.79 Å². The van der Waals surface area contributed by atoms with Crippen molar-refractivity contribution in [2.24, 2.45) is 0 Å². The summed E-state index contributed by atoms with van der Waals surface area (Å²) in [5.41, 5.74) is 3.43. The Kier molecular flexibility index (Phi) is 11.3. The van der Waals surface area contributed by atoms with Crippen LogP contribution in [0.5, 0.6) is 17.2 Å². The van der Waals surface area contributed by atoms with Crippen LogP contribution in [0, 0.1) is 0 Å². The number of hydrogen-bond donors (Lipinski definition) is 0. The standard InChI is InChI=1S/C39H44F3N5O5/c1-44(37(48)30-22-34(49-2)36(51-4)35(23-30)50-3)25-29(28-10-12-31(13-11-28)39(40,41)42)14-18-45-16-7-17-46(20-19-45)38-43-32-8-5-6-9-33(32)47(38)24-27-15-21-52-26-27/h5-6,8-13,15,21-23,26,29H,7,14,16-20,24-25H2,1-4H3. The van der Waals surface area contributed by atoms with Crippen molar-refractivity contribution < 1.29 is 36.6 Å². The van der Waals surface area contributed by atoms with Gasteiger partial charge in [0.25, 0.3) is 5.91 Å². The fraction of sp³-hybridized carbons (Fsp3) is 0.385. The molecule has 3 heterocycles. The summed E-state index contributed by atoms with van der Waals surface area (Å²) < 4.78 is 64.3. The van der Waals surface area contributed by atoms with Gasteiger partial charge in [-0.05, 0) is 74.0 Å². The van der Waals surface area contributed by atoms with Gasteiger partial charge in [0.2, 0.25) is 11.7 Å². The minimum atomic E-state index is -4.44. The van der Waals surface area contributed by atoms with Gasteiger partial charge >= 0.3 is 6.18 Å². The first kappa shape index (κ1) is 36.6. The highest BCUT2D eigenvalue weighted by atomic mass is 19.4. The van der Waals surface area contributed by atoms with Crippen LogP contribution >= 0.6 is 0 Å². The lowest BCUT2D eigenvalue weighted by Crippen LogP contribution is -2.35. The Morgan fingerprint density at radius 3 is 2.33 bits per heavy atom. The number of imidazole rings is 1. The molecule has 0 N–H and O–H groups in total. The quantitative estimate of drug-likeness (QED) is 0.127. The third-order valence-electron chi connectivity index (χ3n) is 9.68. The SMILES string of the molecule is COc1cc(C(=O)N(C)CC(CCN2CCCN(c3nc4ccccc4n3Cc3ccoc3)CC2)c2ccc(C(F)(F)F)cc2)cc(OC)c1OC. The molecule has 1 aliphatic heterocycles. The molecule has 6 rings (SSSR count). The Morgan fingerprint density at radius 1 is 0.942 bits per heavy atom. The van der Waals surface area contributed by atoms with Gasteiger partial charge in [-0.1, -0.05) is 24.3 Å². The average Bonchev–Trinajstić information content (AvgIpc) is 3.73. The van der Waals surface area contributed by atoms with E-state index >= 15 is 0 Å². The van der Waals surface area contributed by atoms with Gasteiger partial charge in [0, 0.05) is 50.3 Å². The summed E-state index contributed by atoms with van der Waals surface area (Å²) in [5, 5.41) is 0. The molecular weight excluding hydrogens is 675 g/mol. The smallest absolute Gasteiger partial charge is 0.416 e. The molecule has 276 valence electrons. The van der Waals surface area contributed by atoms with E-state index in [0.717, 1.165) is 72.8 Å². The van der Waals surface area contributed by atoms with E-state index in [-0.39, 0.29) is 11.8 Å². The van der Waals surface area contributed by atoms with Crippen molar-refractivity contribution in [1.82, 2.24) is 19.4 Å². The maximum absolute atomic E-state index is 13.7. The first-order chi connectivity index (χ1) is 25.1. The number of rotatable bonds is 13. The first-order valence-electron chi connectivity index (χ1n) is 17.3. The molecule has 0 aliphatic carbocycles. The molecule has 10 nitrogen and oxygen atoms in total. The number of ether oxygens (including phenoxy) is 3. The molecule has 5 aromatic rings. The lowest BCUT2D eigenvalue weighted by Gasteiger charge is -2.28. The van der Waals surface area contributed by atoms with Crippen LogP contribution in [0.3, 0.4) is 0 Å². The number of nitrogens with zero attached hydrogens (tertiary/aromatic N) is 5. The van der Waals surface area contributed by atoms with E-state index in [4.69, 9.17) is 23.6 Å². The molecule has 0 saturated carbocycles. The minimum absolute atomic E-state index is 0.225. The summed E-state index contributed by atoms with van der Waals surface area (Å²) in [7, 11) is 6.15. The molecular formula is C39H44F3N5O5. The molecule has 1 saturated heterocycles. The van der Waals surface area contributed by atoms with Crippen molar-refractivity contribution in [3.63, 3.8) is 0 Å².